The molecule has 156 valence electrons. The normalized spacial score (nSPS) is 17.8. The largest absolute Gasteiger partial charge is 0.377 e. The van der Waals surface area contributed by atoms with Gasteiger partial charge in [0.05, 0.1) is 30.9 Å². The van der Waals surface area contributed by atoms with E-state index in [4.69, 9.17) is 15.5 Å². The van der Waals surface area contributed by atoms with E-state index in [0.29, 0.717) is 48.5 Å². The molecule has 1 fully saturated rings. The summed E-state index contributed by atoms with van der Waals surface area (Å²) in [6, 6.07) is 9.43. The number of para-hydroxylation sites is 2. The van der Waals surface area contributed by atoms with E-state index in [1.165, 1.54) is 10.2 Å². The van der Waals surface area contributed by atoms with Gasteiger partial charge in [0.15, 0.2) is 5.82 Å². The highest BCUT2D eigenvalue weighted by molar-refractivity contribution is 7.89. The van der Waals surface area contributed by atoms with Crippen molar-refractivity contribution < 1.29 is 17.7 Å². The number of H-pyrrole nitrogens is 1. The number of aromatic nitrogens is 5. The second kappa shape index (κ2) is 6.67. The highest BCUT2D eigenvalue weighted by atomic mass is 32.2. The SMILES string of the molecule is C[C@@H]1COCCN1c1nc(-[n+]2c(N)[nH]c3ccccc32)nc2c1ccn2S(C)(=O)=O. The number of rotatable bonds is 3. The molecule has 1 atom stereocenters. The molecule has 0 amide bonds. The number of nitrogen functional groups attached to an aromatic ring is 1. The Bertz CT molecular complexity index is 1380. The number of benzene rings is 1. The van der Waals surface area contributed by atoms with Crippen LogP contribution in [0.2, 0.25) is 0 Å². The van der Waals surface area contributed by atoms with Crippen molar-refractivity contribution in [2.45, 2.75) is 13.0 Å². The molecule has 0 spiro atoms. The lowest BCUT2D eigenvalue weighted by molar-refractivity contribution is -0.559. The number of nitrogens with two attached hydrogens (primary N) is 1. The molecule has 3 aromatic heterocycles. The zero-order valence-corrected chi connectivity index (χ0v) is 17.4. The molecule has 0 aliphatic carbocycles. The number of hydrogen-bond donors (Lipinski definition) is 2. The predicted octanol–water partition coefficient (Wildman–Crippen LogP) is 0.804. The maximum Gasteiger partial charge on any atom is 0.365 e. The fraction of sp³-hybridized carbons (Fsp3) is 0.316. The van der Waals surface area contributed by atoms with Crippen molar-refractivity contribution in [1.29, 1.82) is 0 Å². The molecule has 1 aliphatic rings. The number of ether oxygens (including phenoxy) is 1. The highest BCUT2D eigenvalue weighted by Crippen LogP contribution is 2.29. The lowest BCUT2D eigenvalue weighted by Crippen LogP contribution is -2.45. The number of anilines is 2. The van der Waals surface area contributed by atoms with E-state index in [0.717, 1.165) is 17.3 Å². The Morgan fingerprint density at radius 1 is 1.27 bits per heavy atom. The Balaban J connectivity index is 1.83. The van der Waals surface area contributed by atoms with Crippen LogP contribution in [0, 0.1) is 0 Å². The lowest BCUT2D eigenvalue weighted by atomic mass is 10.2. The van der Waals surface area contributed by atoms with Crippen molar-refractivity contribution in [3.63, 3.8) is 0 Å². The van der Waals surface area contributed by atoms with Gasteiger partial charge in [-0.3, -0.25) is 4.98 Å². The van der Waals surface area contributed by atoms with Crippen LogP contribution in [-0.4, -0.2) is 59.4 Å². The second-order valence-corrected chi connectivity index (χ2v) is 9.30. The minimum absolute atomic E-state index is 0.0802. The van der Waals surface area contributed by atoms with Crippen LogP contribution in [0.3, 0.4) is 0 Å². The Kier molecular flexibility index (Phi) is 4.19. The van der Waals surface area contributed by atoms with Crippen LogP contribution < -0.4 is 15.2 Å². The monoisotopic (exact) mass is 428 g/mol. The molecule has 4 aromatic rings. The number of morpholine rings is 1. The lowest BCUT2D eigenvalue weighted by Gasteiger charge is -2.33. The van der Waals surface area contributed by atoms with Crippen LogP contribution in [-0.2, 0) is 14.8 Å². The van der Waals surface area contributed by atoms with Crippen molar-refractivity contribution in [3.8, 4) is 5.95 Å². The third-order valence-corrected chi connectivity index (χ3v) is 6.33. The number of nitrogens with one attached hydrogen (secondary N) is 1. The maximum atomic E-state index is 12.4. The standard InChI is InChI=1S/C19H21N7O3S/c1-12-11-29-10-9-24(12)16-13-7-8-25(30(2,27)28)17(13)23-19(22-16)26-15-6-4-3-5-14(15)21-18(26)20/h3-8,12H,9-11H2,1-2H3,(H2,20,21)/p+1/t12-/m1/s1. The van der Waals surface area contributed by atoms with Gasteiger partial charge in [-0.25, -0.2) is 12.4 Å². The van der Waals surface area contributed by atoms with Crippen LogP contribution >= 0.6 is 0 Å². The van der Waals surface area contributed by atoms with Crippen molar-refractivity contribution in [2.75, 3.05) is 36.6 Å². The molecule has 0 radical (unpaired) electrons. The Morgan fingerprint density at radius 2 is 2.07 bits per heavy atom. The summed E-state index contributed by atoms with van der Waals surface area (Å²) in [5.41, 5.74) is 8.20. The molecule has 0 unspecified atom stereocenters. The van der Waals surface area contributed by atoms with Crippen LogP contribution in [0.15, 0.2) is 36.5 Å². The van der Waals surface area contributed by atoms with Crippen molar-refractivity contribution in [1.82, 2.24) is 18.9 Å². The van der Waals surface area contributed by atoms with E-state index < -0.39 is 10.0 Å². The van der Waals surface area contributed by atoms with Crippen LogP contribution in [0.5, 0.6) is 0 Å². The maximum absolute atomic E-state index is 12.4. The van der Waals surface area contributed by atoms with E-state index in [-0.39, 0.29) is 6.04 Å². The first-order valence-corrected chi connectivity index (χ1v) is 11.4. The number of fused-ring (bicyclic) bond motifs is 2. The zero-order chi connectivity index (χ0) is 21.0. The average molecular weight is 428 g/mol. The molecular formula is C19H22N7O3S+. The molecule has 5 rings (SSSR count). The fourth-order valence-corrected chi connectivity index (χ4v) is 4.64. The van der Waals surface area contributed by atoms with E-state index in [9.17, 15) is 8.42 Å². The van der Waals surface area contributed by atoms with Crippen molar-refractivity contribution in [3.05, 3.63) is 36.5 Å². The summed E-state index contributed by atoms with van der Waals surface area (Å²) >= 11 is 0. The van der Waals surface area contributed by atoms with E-state index in [2.05, 4.69) is 14.9 Å². The van der Waals surface area contributed by atoms with Crippen LogP contribution in [0.4, 0.5) is 11.8 Å². The molecule has 3 N–H and O–H groups in total. The number of aromatic amines is 1. The summed E-state index contributed by atoms with van der Waals surface area (Å²) in [6.45, 7) is 3.83. The van der Waals surface area contributed by atoms with Gasteiger partial charge in [0.25, 0.3) is 5.95 Å². The molecule has 4 heterocycles. The molecule has 30 heavy (non-hydrogen) atoms. The van der Waals surface area contributed by atoms with Crippen LogP contribution in [0.25, 0.3) is 28.0 Å². The smallest absolute Gasteiger partial charge is 0.365 e. The topological polar surface area (TPSA) is 123 Å². The van der Waals surface area contributed by atoms with Gasteiger partial charge in [-0.2, -0.15) is 4.57 Å². The van der Waals surface area contributed by atoms with E-state index in [1.54, 1.807) is 10.6 Å². The minimum atomic E-state index is -3.55. The number of nitrogens with zero attached hydrogens (tertiary/aromatic N) is 5. The van der Waals surface area contributed by atoms with Gasteiger partial charge >= 0.3 is 5.95 Å². The zero-order valence-electron chi connectivity index (χ0n) is 16.6. The van der Waals surface area contributed by atoms with Gasteiger partial charge in [-0.05, 0) is 25.1 Å². The summed E-state index contributed by atoms with van der Waals surface area (Å²) in [7, 11) is -3.55. The van der Waals surface area contributed by atoms with Gasteiger partial charge in [-0.15, -0.1) is 9.97 Å². The summed E-state index contributed by atoms with van der Waals surface area (Å²) in [5.74, 6) is 1.31. The first-order valence-electron chi connectivity index (χ1n) is 9.57. The van der Waals surface area contributed by atoms with E-state index >= 15 is 0 Å². The van der Waals surface area contributed by atoms with Gasteiger partial charge in [0.1, 0.15) is 11.0 Å². The third-order valence-electron chi connectivity index (χ3n) is 5.32. The van der Waals surface area contributed by atoms with Crippen molar-refractivity contribution >= 4 is 43.9 Å². The number of imidazole rings is 1. The average Bonchev–Trinajstić information content (AvgIpc) is 3.27. The Labute approximate surface area is 173 Å². The molecule has 1 aromatic carbocycles. The Hall–Kier alpha value is -3.18. The Morgan fingerprint density at radius 3 is 2.83 bits per heavy atom. The van der Waals surface area contributed by atoms with Gasteiger partial charge in [-0.1, -0.05) is 12.1 Å². The first-order chi connectivity index (χ1) is 14.3. The van der Waals surface area contributed by atoms with Crippen molar-refractivity contribution in [2.24, 2.45) is 0 Å². The van der Waals surface area contributed by atoms with Gasteiger partial charge in [0.2, 0.25) is 15.7 Å². The first kappa shape index (κ1) is 18.8. The molecule has 10 nitrogen and oxygen atoms in total. The molecular weight excluding hydrogens is 406 g/mol. The fourth-order valence-electron chi connectivity index (χ4n) is 3.91. The summed E-state index contributed by atoms with van der Waals surface area (Å²) < 4.78 is 33.2. The van der Waals surface area contributed by atoms with Gasteiger partial charge < -0.3 is 15.4 Å². The quantitative estimate of drug-likeness (QED) is 0.463. The third kappa shape index (κ3) is 2.89. The minimum Gasteiger partial charge on any atom is -0.377 e. The summed E-state index contributed by atoms with van der Waals surface area (Å²) in [5, 5.41) is 0.664. The molecule has 1 aliphatic heterocycles. The van der Waals surface area contributed by atoms with Gasteiger partial charge in [0, 0.05) is 12.7 Å². The van der Waals surface area contributed by atoms with E-state index in [1.807, 2.05) is 31.2 Å². The molecule has 11 heteroatoms. The van der Waals surface area contributed by atoms with Crippen LogP contribution in [0.1, 0.15) is 6.92 Å². The highest BCUT2D eigenvalue weighted by Gasteiger charge is 2.29. The second-order valence-electron chi connectivity index (χ2n) is 7.44. The summed E-state index contributed by atoms with van der Waals surface area (Å²) in [6.07, 6.45) is 2.66. The summed E-state index contributed by atoms with van der Waals surface area (Å²) in [4.78, 5) is 14.7. The predicted molar refractivity (Wildman–Crippen MR) is 113 cm³/mol. The molecule has 1 saturated heterocycles. The molecule has 0 bridgehead atoms. The molecule has 0 saturated carbocycles. The number of hydrogen-bond acceptors (Lipinski definition) is 7.